The molecule has 2 unspecified atom stereocenters. The Balaban J connectivity index is 1.50. The summed E-state index contributed by atoms with van der Waals surface area (Å²) < 4.78 is 36.3. The Kier molecular flexibility index (Phi) is 10.0. The molecular weight excluding hydrogens is 671 g/mol. The molecule has 3 aliphatic heterocycles. The molecule has 0 spiro atoms. The number of hydrogen-bond acceptors (Lipinski definition) is 7. The summed E-state index contributed by atoms with van der Waals surface area (Å²) in [6.45, 7) is 13.8. The third-order valence-corrected chi connectivity index (χ3v) is 10.4. The maximum Gasteiger partial charge on any atom is 0.337 e. The van der Waals surface area contributed by atoms with Crippen LogP contribution in [-0.2, 0) is 14.3 Å². The first-order valence-electron chi connectivity index (χ1n) is 18.6. The Morgan fingerprint density at radius 1 is 1.04 bits per heavy atom. The van der Waals surface area contributed by atoms with E-state index < -0.39 is 17.7 Å². The zero-order valence-electron chi connectivity index (χ0n) is 31.5. The summed E-state index contributed by atoms with van der Waals surface area (Å²) in [4.78, 5) is 25.1. The molecule has 3 aliphatic rings. The summed E-state index contributed by atoms with van der Waals surface area (Å²) >= 11 is 0. The molecule has 3 aromatic heterocycles. The zero-order valence-corrected chi connectivity index (χ0v) is 31.5. The van der Waals surface area contributed by atoms with E-state index in [0.717, 1.165) is 65.7 Å². The first-order chi connectivity index (χ1) is 25.3. The lowest BCUT2D eigenvalue weighted by Crippen LogP contribution is -2.45. The fourth-order valence-electron chi connectivity index (χ4n) is 7.68. The van der Waals surface area contributed by atoms with Gasteiger partial charge in [0.1, 0.15) is 23.0 Å². The molecule has 0 aliphatic carbocycles. The van der Waals surface area contributed by atoms with Crippen molar-refractivity contribution in [3.63, 3.8) is 0 Å². The van der Waals surface area contributed by atoms with Crippen LogP contribution in [0.2, 0.25) is 0 Å². The van der Waals surface area contributed by atoms with Gasteiger partial charge >= 0.3 is 5.97 Å². The Labute approximate surface area is 310 Å². The number of hydrogen-bond donors (Lipinski definition) is 1. The van der Waals surface area contributed by atoms with Gasteiger partial charge in [0, 0.05) is 60.5 Å². The number of aliphatic carboxylic acids is 1. The lowest BCUT2D eigenvalue weighted by molar-refractivity contribution is -0.160. The quantitative estimate of drug-likeness (QED) is 0.196. The van der Waals surface area contributed by atoms with Crippen LogP contribution in [0.15, 0.2) is 73.2 Å². The molecule has 0 radical (unpaired) electrons. The molecule has 278 valence electrons. The number of pyridine rings is 2. The van der Waals surface area contributed by atoms with Crippen molar-refractivity contribution >= 4 is 17.4 Å². The van der Waals surface area contributed by atoms with E-state index >= 15 is 0 Å². The van der Waals surface area contributed by atoms with Gasteiger partial charge in [0.2, 0.25) is 0 Å². The number of rotatable bonds is 4. The molecule has 1 N–H and O–H groups in total. The number of carboxylic acid groups (broad SMARTS) is 1. The number of carbonyl (C=O) groups is 1. The molecule has 53 heavy (non-hydrogen) atoms. The normalized spacial score (nSPS) is 20.2. The third kappa shape index (κ3) is 7.66. The fourth-order valence-corrected chi connectivity index (χ4v) is 7.68. The van der Waals surface area contributed by atoms with Crippen molar-refractivity contribution in [1.82, 2.24) is 14.4 Å². The lowest BCUT2D eigenvalue weighted by atomic mass is 9.91. The van der Waals surface area contributed by atoms with Gasteiger partial charge in [-0.05, 0) is 127 Å². The smallest absolute Gasteiger partial charge is 0.337 e. The van der Waals surface area contributed by atoms with Crippen molar-refractivity contribution in [1.29, 1.82) is 0 Å². The average molecular weight is 721 g/mol. The summed E-state index contributed by atoms with van der Waals surface area (Å²) in [5.41, 5.74) is 5.64. The minimum atomic E-state index is -1.26. The first kappa shape index (κ1) is 36.6. The van der Waals surface area contributed by atoms with Crippen LogP contribution in [0.3, 0.4) is 0 Å². The number of halogens is 1. The van der Waals surface area contributed by atoms with Gasteiger partial charge in [0.05, 0.1) is 23.0 Å². The van der Waals surface area contributed by atoms with Crippen molar-refractivity contribution in [2.45, 2.75) is 97.1 Å². The van der Waals surface area contributed by atoms with Gasteiger partial charge in [0.15, 0.2) is 6.10 Å². The number of fused-ring (bicyclic) bond motifs is 8. The van der Waals surface area contributed by atoms with Crippen molar-refractivity contribution in [2.75, 3.05) is 24.6 Å². The van der Waals surface area contributed by atoms with Crippen LogP contribution in [-0.4, -0.2) is 62.4 Å². The number of aromatic nitrogens is 3. The van der Waals surface area contributed by atoms with Crippen LogP contribution < -0.4 is 9.64 Å². The number of imidazole rings is 1. The highest BCUT2D eigenvalue weighted by Gasteiger charge is 2.38. The molecule has 0 amide bonds. The van der Waals surface area contributed by atoms with Gasteiger partial charge in [-0.15, -0.1) is 0 Å². The topological polar surface area (TPSA) is 98.4 Å². The standard InChI is InChI=1S/C43H49FN4O5/c1-27-10-7-8-23-51-43(6)17-21-47(22-18-43)40-37(38(41(49)50)53-42(3,4)5)28(2)36(29-15-19-45-20-16-29)39-46-34(26-48(39)40)31-12-9-11-30(24-31)33-25-32(44)13-14-35(33)52-27/h9,11-16,19-20,24-27,38H,7-8,10,17-18,21-23H2,1-6H3,(H,49,50). The highest BCUT2D eigenvalue weighted by Crippen LogP contribution is 2.44. The molecule has 6 heterocycles. The largest absolute Gasteiger partial charge is 0.490 e. The van der Waals surface area contributed by atoms with Crippen LogP contribution in [0, 0.1) is 12.7 Å². The summed E-state index contributed by atoms with van der Waals surface area (Å²) in [6, 6.07) is 16.4. The van der Waals surface area contributed by atoms with Gasteiger partial charge < -0.3 is 24.2 Å². The van der Waals surface area contributed by atoms with Crippen molar-refractivity contribution in [2.24, 2.45) is 0 Å². The zero-order chi connectivity index (χ0) is 37.5. The molecule has 9 nitrogen and oxygen atoms in total. The average Bonchev–Trinajstić information content (AvgIpc) is 3.56. The minimum Gasteiger partial charge on any atom is -0.490 e. The number of nitrogens with zero attached hydrogens (tertiary/aromatic N) is 4. The third-order valence-electron chi connectivity index (χ3n) is 10.4. The predicted molar refractivity (Wildman–Crippen MR) is 205 cm³/mol. The lowest BCUT2D eigenvalue weighted by Gasteiger charge is -2.42. The highest BCUT2D eigenvalue weighted by molar-refractivity contribution is 5.89. The van der Waals surface area contributed by atoms with E-state index in [1.807, 2.05) is 74.7 Å². The number of carboxylic acids is 1. The SMILES string of the molecule is Cc1c(C(OC(C)(C)C)C(=O)O)c2n3cc(nc3c1-c1ccncc1)-c1cccc(c1)-c1cc(F)ccc1OC(C)CCCCOC1(C)CCN2CC1. The van der Waals surface area contributed by atoms with E-state index in [9.17, 15) is 14.3 Å². The molecule has 5 aromatic rings. The van der Waals surface area contributed by atoms with Gasteiger partial charge in [-0.2, -0.15) is 0 Å². The van der Waals surface area contributed by atoms with Gasteiger partial charge in [-0.3, -0.25) is 9.38 Å². The summed E-state index contributed by atoms with van der Waals surface area (Å²) in [5, 5.41) is 10.8. The number of benzene rings is 2. The Hall–Kier alpha value is -4.80. The van der Waals surface area contributed by atoms with Crippen molar-refractivity contribution in [3.8, 4) is 39.3 Å². The number of ether oxygens (including phenoxy) is 3. The Morgan fingerprint density at radius 3 is 2.49 bits per heavy atom. The van der Waals surface area contributed by atoms with E-state index in [0.29, 0.717) is 47.9 Å². The molecule has 2 aromatic carbocycles. The van der Waals surface area contributed by atoms with E-state index in [-0.39, 0.29) is 17.5 Å². The maximum atomic E-state index is 14.8. The predicted octanol–water partition coefficient (Wildman–Crippen LogP) is 9.45. The van der Waals surface area contributed by atoms with E-state index in [1.54, 1.807) is 18.5 Å². The maximum absolute atomic E-state index is 14.8. The molecule has 1 fully saturated rings. The Morgan fingerprint density at radius 2 is 1.77 bits per heavy atom. The second-order valence-electron chi connectivity index (χ2n) is 15.7. The molecule has 8 rings (SSSR count). The van der Waals surface area contributed by atoms with Crippen molar-refractivity contribution in [3.05, 3.63) is 90.1 Å². The number of anilines is 1. The van der Waals surface area contributed by atoms with E-state index in [2.05, 4.69) is 23.7 Å². The summed E-state index contributed by atoms with van der Waals surface area (Å²) in [7, 11) is 0. The first-order valence-corrected chi connectivity index (χ1v) is 18.6. The van der Waals surface area contributed by atoms with Crippen LogP contribution in [0.4, 0.5) is 10.2 Å². The van der Waals surface area contributed by atoms with Gasteiger partial charge in [0.25, 0.3) is 0 Å². The monoisotopic (exact) mass is 720 g/mol. The van der Waals surface area contributed by atoms with Crippen LogP contribution >= 0.6 is 0 Å². The molecule has 10 heteroatoms. The van der Waals surface area contributed by atoms with Crippen LogP contribution in [0.25, 0.3) is 39.2 Å². The number of piperidine rings is 1. The van der Waals surface area contributed by atoms with E-state index in [1.165, 1.54) is 12.1 Å². The molecule has 2 atom stereocenters. The molecular formula is C43H49FN4O5. The van der Waals surface area contributed by atoms with Crippen molar-refractivity contribution < 1.29 is 28.5 Å². The van der Waals surface area contributed by atoms with Crippen LogP contribution in [0.5, 0.6) is 5.75 Å². The fraction of sp³-hybridized carbons (Fsp3) is 0.419. The minimum absolute atomic E-state index is 0.0652. The summed E-state index contributed by atoms with van der Waals surface area (Å²) in [6.07, 6.45) is 8.34. The molecule has 0 saturated carbocycles. The summed E-state index contributed by atoms with van der Waals surface area (Å²) in [5.74, 6) is -0.0441. The highest BCUT2D eigenvalue weighted by atomic mass is 19.1. The second kappa shape index (κ2) is 14.6. The van der Waals surface area contributed by atoms with Gasteiger partial charge in [-0.25, -0.2) is 14.2 Å². The Bertz CT molecular complexity index is 2120. The van der Waals surface area contributed by atoms with Gasteiger partial charge in [-0.1, -0.05) is 18.2 Å². The van der Waals surface area contributed by atoms with E-state index in [4.69, 9.17) is 19.2 Å². The van der Waals surface area contributed by atoms with Crippen LogP contribution in [0.1, 0.15) is 84.0 Å². The molecule has 6 bridgehead atoms. The molecule has 1 saturated heterocycles. The second-order valence-corrected chi connectivity index (χ2v) is 15.7.